The smallest absolute Gasteiger partial charge is 0.397 e. The van der Waals surface area contributed by atoms with Crippen molar-refractivity contribution in [3.63, 3.8) is 0 Å². The van der Waals surface area contributed by atoms with Gasteiger partial charge in [-0.2, -0.15) is 13.2 Å². The van der Waals surface area contributed by atoms with Crippen LogP contribution >= 0.6 is 23.2 Å². The quantitative estimate of drug-likeness (QED) is 0.562. The van der Waals surface area contributed by atoms with Gasteiger partial charge in [0.1, 0.15) is 5.82 Å². The third kappa shape index (κ3) is 3.51. The molecular weight excluding hydrogens is 331 g/mol. The maximum atomic E-state index is 13.6. The Morgan fingerprint density at radius 2 is 1.57 bits per heavy atom. The van der Waals surface area contributed by atoms with Gasteiger partial charge in [-0.05, 0) is 30.3 Å². The van der Waals surface area contributed by atoms with E-state index in [1.807, 2.05) is 0 Å². The molecule has 0 aliphatic heterocycles. The first-order valence-corrected chi connectivity index (χ1v) is 6.32. The molecule has 112 valence electrons. The van der Waals surface area contributed by atoms with Gasteiger partial charge in [-0.1, -0.05) is 23.2 Å². The number of nitrogens with one attached hydrogen (secondary N) is 1. The summed E-state index contributed by atoms with van der Waals surface area (Å²) in [7, 11) is 0. The van der Waals surface area contributed by atoms with Crippen molar-refractivity contribution in [2.24, 2.45) is 0 Å². The number of nitrogen functional groups attached to an aromatic ring is 1. The first kappa shape index (κ1) is 15.7. The average molecular weight is 339 g/mol. The van der Waals surface area contributed by atoms with Crippen LogP contribution in [0.3, 0.4) is 0 Å². The largest absolute Gasteiger partial charge is 0.416 e. The molecule has 2 nitrogen and oxygen atoms in total. The van der Waals surface area contributed by atoms with Crippen LogP contribution < -0.4 is 11.1 Å². The zero-order valence-electron chi connectivity index (χ0n) is 10.2. The predicted octanol–water partition coefficient (Wildman–Crippen LogP) is 5.48. The molecule has 0 heterocycles. The molecule has 0 saturated heterocycles. The monoisotopic (exact) mass is 338 g/mol. The van der Waals surface area contributed by atoms with Crippen LogP contribution in [0.2, 0.25) is 10.0 Å². The van der Waals surface area contributed by atoms with Crippen LogP contribution in [0.15, 0.2) is 30.3 Å². The third-order valence-electron chi connectivity index (χ3n) is 2.66. The van der Waals surface area contributed by atoms with Gasteiger partial charge in [0.25, 0.3) is 0 Å². The van der Waals surface area contributed by atoms with Gasteiger partial charge in [0.15, 0.2) is 0 Å². The van der Waals surface area contributed by atoms with Crippen molar-refractivity contribution in [3.05, 3.63) is 51.8 Å². The highest BCUT2D eigenvalue weighted by molar-refractivity contribution is 6.42. The maximum absolute atomic E-state index is 13.6. The minimum absolute atomic E-state index is 0.126. The fourth-order valence-electron chi connectivity index (χ4n) is 1.61. The van der Waals surface area contributed by atoms with Crippen LogP contribution in [-0.2, 0) is 6.18 Å². The van der Waals surface area contributed by atoms with Crippen molar-refractivity contribution < 1.29 is 17.6 Å². The third-order valence-corrected chi connectivity index (χ3v) is 3.38. The number of halogens is 6. The Bertz CT molecular complexity index is 687. The van der Waals surface area contributed by atoms with E-state index < -0.39 is 17.6 Å². The summed E-state index contributed by atoms with van der Waals surface area (Å²) >= 11 is 11.5. The van der Waals surface area contributed by atoms with Crippen molar-refractivity contribution >= 4 is 40.3 Å². The van der Waals surface area contributed by atoms with Gasteiger partial charge >= 0.3 is 6.18 Å². The van der Waals surface area contributed by atoms with E-state index in [1.165, 1.54) is 12.1 Å². The van der Waals surface area contributed by atoms with Gasteiger partial charge in [-0.15, -0.1) is 0 Å². The molecule has 0 aliphatic carbocycles. The van der Waals surface area contributed by atoms with Crippen LogP contribution in [0.25, 0.3) is 0 Å². The zero-order chi connectivity index (χ0) is 15.8. The summed E-state index contributed by atoms with van der Waals surface area (Å²) in [5, 5.41) is 2.80. The molecular formula is C13H8Cl2F4N2. The second kappa shape index (κ2) is 5.61. The van der Waals surface area contributed by atoms with E-state index in [9.17, 15) is 17.6 Å². The van der Waals surface area contributed by atoms with E-state index in [4.69, 9.17) is 28.9 Å². The highest BCUT2D eigenvalue weighted by Crippen LogP contribution is 2.35. The molecule has 0 radical (unpaired) electrons. The molecule has 2 rings (SSSR count). The minimum Gasteiger partial charge on any atom is -0.397 e. The van der Waals surface area contributed by atoms with Gasteiger partial charge in [-0.3, -0.25) is 0 Å². The molecule has 2 aromatic carbocycles. The van der Waals surface area contributed by atoms with Gasteiger partial charge in [0.05, 0.1) is 32.7 Å². The SMILES string of the molecule is Nc1cc(Cl)c(Cl)cc1Nc1cc(C(F)(F)F)ccc1F. The average Bonchev–Trinajstić information content (AvgIpc) is 2.37. The molecule has 3 N–H and O–H groups in total. The first-order chi connectivity index (χ1) is 9.68. The lowest BCUT2D eigenvalue weighted by Gasteiger charge is -2.14. The van der Waals surface area contributed by atoms with E-state index in [1.54, 1.807) is 0 Å². The fraction of sp³-hybridized carbons (Fsp3) is 0.0769. The number of rotatable bonds is 2. The number of nitrogens with two attached hydrogens (primary N) is 1. The summed E-state index contributed by atoms with van der Waals surface area (Å²) in [5.74, 6) is -0.853. The summed E-state index contributed by atoms with van der Waals surface area (Å²) in [5.41, 5.74) is 4.60. The second-order valence-electron chi connectivity index (χ2n) is 4.17. The first-order valence-electron chi connectivity index (χ1n) is 5.57. The molecule has 0 aromatic heterocycles. The number of anilines is 3. The van der Waals surface area contributed by atoms with E-state index in [0.717, 1.165) is 6.07 Å². The molecule has 8 heteroatoms. The summed E-state index contributed by atoms with van der Waals surface area (Å²) in [6.45, 7) is 0. The number of alkyl halides is 3. The van der Waals surface area contributed by atoms with E-state index in [0.29, 0.717) is 12.1 Å². The highest BCUT2D eigenvalue weighted by Gasteiger charge is 2.31. The summed E-state index contributed by atoms with van der Waals surface area (Å²) in [6, 6.07) is 4.64. The van der Waals surface area contributed by atoms with Crippen molar-refractivity contribution in [3.8, 4) is 0 Å². The van der Waals surface area contributed by atoms with E-state index in [2.05, 4.69) is 5.32 Å². The van der Waals surface area contributed by atoms with E-state index in [-0.39, 0.29) is 27.1 Å². The lowest BCUT2D eigenvalue weighted by molar-refractivity contribution is -0.137. The number of hydrogen-bond donors (Lipinski definition) is 2. The fourth-order valence-corrected chi connectivity index (χ4v) is 1.95. The van der Waals surface area contributed by atoms with Crippen LogP contribution in [-0.4, -0.2) is 0 Å². The highest BCUT2D eigenvalue weighted by atomic mass is 35.5. The van der Waals surface area contributed by atoms with Crippen molar-refractivity contribution in [1.82, 2.24) is 0 Å². The van der Waals surface area contributed by atoms with Gasteiger partial charge in [0, 0.05) is 0 Å². The summed E-state index contributed by atoms with van der Waals surface area (Å²) < 4.78 is 51.5. The Kier molecular flexibility index (Phi) is 4.20. The van der Waals surface area contributed by atoms with Gasteiger partial charge < -0.3 is 11.1 Å². The lowest BCUT2D eigenvalue weighted by atomic mass is 10.1. The molecule has 0 fully saturated rings. The summed E-state index contributed by atoms with van der Waals surface area (Å²) in [6.07, 6.45) is -4.58. The Morgan fingerprint density at radius 1 is 0.952 bits per heavy atom. The van der Waals surface area contributed by atoms with Crippen LogP contribution in [0.4, 0.5) is 34.6 Å². The second-order valence-corrected chi connectivity index (χ2v) is 4.99. The van der Waals surface area contributed by atoms with Crippen LogP contribution in [0, 0.1) is 5.82 Å². The Hall–Kier alpha value is -1.66. The Labute approximate surface area is 127 Å². The predicted molar refractivity (Wildman–Crippen MR) is 75.6 cm³/mol. The maximum Gasteiger partial charge on any atom is 0.416 e. The van der Waals surface area contributed by atoms with Crippen molar-refractivity contribution in [2.45, 2.75) is 6.18 Å². The normalized spacial score (nSPS) is 11.5. The molecule has 0 bridgehead atoms. The number of benzene rings is 2. The summed E-state index contributed by atoms with van der Waals surface area (Å²) in [4.78, 5) is 0. The number of hydrogen-bond acceptors (Lipinski definition) is 2. The van der Waals surface area contributed by atoms with Crippen molar-refractivity contribution in [2.75, 3.05) is 11.1 Å². The van der Waals surface area contributed by atoms with Gasteiger partial charge in [-0.25, -0.2) is 4.39 Å². The topological polar surface area (TPSA) is 38.0 Å². The Balaban J connectivity index is 2.42. The molecule has 0 saturated carbocycles. The Morgan fingerprint density at radius 3 is 2.19 bits per heavy atom. The molecule has 0 atom stereocenters. The van der Waals surface area contributed by atoms with Crippen LogP contribution in [0.1, 0.15) is 5.56 Å². The molecule has 2 aromatic rings. The van der Waals surface area contributed by atoms with E-state index >= 15 is 0 Å². The molecule has 0 aliphatic rings. The molecule has 0 amide bonds. The van der Waals surface area contributed by atoms with Gasteiger partial charge in [0.2, 0.25) is 0 Å². The molecule has 0 spiro atoms. The molecule has 0 unspecified atom stereocenters. The lowest BCUT2D eigenvalue weighted by Crippen LogP contribution is -2.06. The van der Waals surface area contributed by atoms with Crippen molar-refractivity contribution in [1.29, 1.82) is 0 Å². The zero-order valence-corrected chi connectivity index (χ0v) is 11.7. The minimum atomic E-state index is -4.58. The molecule has 21 heavy (non-hydrogen) atoms. The standard InChI is InChI=1S/C13H8Cl2F4N2/c14-7-4-10(20)12(5-8(7)15)21-11-3-6(13(17,18)19)1-2-9(11)16/h1-5,21H,20H2. The van der Waals surface area contributed by atoms with Crippen LogP contribution in [0.5, 0.6) is 0 Å².